The van der Waals surface area contributed by atoms with E-state index in [0.29, 0.717) is 22.9 Å². The molecule has 2 N–H and O–H groups in total. The van der Waals surface area contributed by atoms with Gasteiger partial charge in [-0.15, -0.1) is 0 Å². The second-order valence-corrected chi connectivity index (χ2v) is 5.18. The summed E-state index contributed by atoms with van der Waals surface area (Å²) in [5.41, 5.74) is 6.33. The van der Waals surface area contributed by atoms with Crippen LogP contribution in [0.2, 0.25) is 5.02 Å². The molecule has 1 unspecified atom stereocenters. The zero-order valence-corrected chi connectivity index (χ0v) is 11.6. The van der Waals surface area contributed by atoms with Crippen molar-refractivity contribution in [1.82, 2.24) is 0 Å². The van der Waals surface area contributed by atoms with Gasteiger partial charge in [0.1, 0.15) is 17.3 Å². The van der Waals surface area contributed by atoms with Gasteiger partial charge in [-0.05, 0) is 37.5 Å². The number of nitrogens with two attached hydrogens (primary N) is 1. The first kappa shape index (κ1) is 13.6. The summed E-state index contributed by atoms with van der Waals surface area (Å²) < 4.78 is 11.4. The topological polar surface area (TPSA) is 44.5 Å². The van der Waals surface area contributed by atoms with Gasteiger partial charge in [0.05, 0.1) is 11.7 Å². The van der Waals surface area contributed by atoms with Crippen LogP contribution in [0.25, 0.3) is 0 Å². The first-order valence-electron chi connectivity index (χ1n) is 6.00. The largest absolute Gasteiger partial charge is 0.490 e. The predicted octanol–water partition coefficient (Wildman–Crippen LogP) is 2.92. The highest BCUT2D eigenvalue weighted by Crippen LogP contribution is 2.24. The van der Waals surface area contributed by atoms with Crippen LogP contribution in [0.1, 0.15) is 24.8 Å². The monoisotopic (exact) mass is 285 g/mol. The highest BCUT2D eigenvalue weighted by Gasteiger charge is 2.15. The molecule has 5 heteroatoms. The molecule has 0 bridgehead atoms. The fourth-order valence-electron chi connectivity index (χ4n) is 1.94. The minimum Gasteiger partial charge on any atom is -0.490 e. The van der Waals surface area contributed by atoms with E-state index in [0.717, 1.165) is 19.4 Å². The average molecular weight is 286 g/mol. The van der Waals surface area contributed by atoms with Crippen molar-refractivity contribution in [3.05, 3.63) is 28.8 Å². The Morgan fingerprint density at radius 2 is 2.33 bits per heavy atom. The summed E-state index contributed by atoms with van der Waals surface area (Å²) in [6.45, 7) is 1.34. The highest BCUT2D eigenvalue weighted by molar-refractivity contribution is 7.80. The van der Waals surface area contributed by atoms with Gasteiger partial charge in [-0.25, -0.2) is 0 Å². The molecule has 3 nitrogen and oxygen atoms in total. The summed E-state index contributed by atoms with van der Waals surface area (Å²) in [7, 11) is 0. The van der Waals surface area contributed by atoms with Crippen molar-refractivity contribution in [2.45, 2.75) is 25.4 Å². The first-order valence-corrected chi connectivity index (χ1v) is 6.79. The summed E-state index contributed by atoms with van der Waals surface area (Å²) in [6.07, 6.45) is 3.52. The van der Waals surface area contributed by atoms with Gasteiger partial charge in [0.15, 0.2) is 0 Å². The fraction of sp³-hybridized carbons (Fsp3) is 0.462. The van der Waals surface area contributed by atoms with E-state index in [4.69, 9.17) is 39.0 Å². The number of hydrogen-bond acceptors (Lipinski definition) is 3. The van der Waals surface area contributed by atoms with Crippen LogP contribution >= 0.6 is 23.8 Å². The van der Waals surface area contributed by atoms with Crippen LogP contribution in [-0.4, -0.2) is 24.3 Å². The van der Waals surface area contributed by atoms with Gasteiger partial charge in [0, 0.05) is 11.6 Å². The number of rotatable bonds is 4. The molecule has 0 spiro atoms. The van der Waals surface area contributed by atoms with Crippen LogP contribution in [0.3, 0.4) is 0 Å². The van der Waals surface area contributed by atoms with E-state index < -0.39 is 0 Å². The van der Waals surface area contributed by atoms with Gasteiger partial charge in [-0.1, -0.05) is 23.8 Å². The zero-order valence-electron chi connectivity index (χ0n) is 10.0. The molecule has 1 fully saturated rings. The van der Waals surface area contributed by atoms with E-state index in [1.807, 2.05) is 0 Å². The van der Waals surface area contributed by atoms with Crippen LogP contribution in [0.15, 0.2) is 18.2 Å². The predicted molar refractivity (Wildman–Crippen MR) is 76.4 cm³/mol. The summed E-state index contributed by atoms with van der Waals surface area (Å²) >= 11 is 10.9. The molecule has 1 aliphatic heterocycles. The van der Waals surface area contributed by atoms with Gasteiger partial charge in [0.2, 0.25) is 0 Å². The number of thiocarbonyl (C=S) groups is 1. The van der Waals surface area contributed by atoms with Crippen molar-refractivity contribution in [3.8, 4) is 5.75 Å². The lowest BCUT2D eigenvalue weighted by molar-refractivity contribution is -0.0111. The third-order valence-corrected chi connectivity index (χ3v) is 3.36. The van der Waals surface area contributed by atoms with Gasteiger partial charge < -0.3 is 15.2 Å². The van der Waals surface area contributed by atoms with Gasteiger partial charge >= 0.3 is 0 Å². The maximum atomic E-state index is 5.91. The van der Waals surface area contributed by atoms with E-state index >= 15 is 0 Å². The van der Waals surface area contributed by atoms with Gasteiger partial charge in [-0.2, -0.15) is 0 Å². The van der Waals surface area contributed by atoms with Crippen LogP contribution in [0.4, 0.5) is 0 Å². The summed E-state index contributed by atoms with van der Waals surface area (Å²) in [6, 6.07) is 5.28. The summed E-state index contributed by atoms with van der Waals surface area (Å²) in [5, 5.41) is 0.596. The third kappa shape index (κ3) is 3.57. The Balaban J connectivity index is 2.01. The standard InChI is InChI=1S/C13H16ClNO2S/c14-9-4-5-12(11(7-9)13(15)18)17-8-10-3-1-2-6-16-10/h4-5,7,10H,1-3,6,8H2,(H2,15,18). The third-order valence-electron chi connectivity index (χ3n) is 2.91. The number of benzene rings is 1. The molecule has 0 saturated carbocycles. The smallest absolute Gasteiger partial charge is 0.129 e. The van der Waals surface area contributed by atoms with Crippen molar-refractivity contribution in [1.29, 1.82) is 0 Å². The minimum absolute atomic E-state index is 0.161. The van der Waals surface area contributed by atoms with E-state index in [2.05, 4.69) is 0 Å². The molecule has 0 aliphatic carbocycles. The van der Waals surface area contributed by atoms with Crippen LogP contribution < -0.4 is 10.5 Å². The number of hydrogen-bond donors (Lipinski definition) is 1. The fourth-order valence-corrected chi connectivity index (χ4v) is 2.27. The summed E-state index contributed by atoms with van der Waals surface area (Å²) in [4.78, 5) is 0.289. The second kappa shape index (κ2) is 6.36. The van der Waals surface area contributed by atoms with Gasteiger partial charge in [0.25, 0.3) is 0 Å². The van der Waals surface area contributed by atoms with Crippen LogP contribution in [-0.2, 0) is 4.74 Å². The molecule has 98 valence electrons. The van der Waals surface area contributed by atoms with E-state index in [1.54, 1.807) is 18.2 Å². The second-order valence-electron chi connectivity index (χ2n) is 4.30. The van der Waals surface area contributed by atoms with E-state index in [-0.39, 0.29) is 11.1 Å². The van der Waals surface area contributed by atoms with Crippen LogP contribution in [0, 0.1) is 0 Å². The number of ether oxygens (including phenoxy) is 2. The molecule has 1 aromatic rings. The van der Waals surface area contributed by atoms with Crippen molar-refractivity contribution in [3.63, 3.8) is 0 Å². The lowest BCUT2D eigenvalue weighted by Crippen LogP contribution is -2.26. The Kier molecular flexibility index (Phi) is 4.80. The van der Waals surface area contributed by atoms with Crippen LogP contribution in [0.5, 0.6) is 5.75 Å². The van der Waals surface area contributed by atoms with Crippen molar-refractivity contribution in [2.24, 2.45) is 5.73 Å². The first-order chi connectivity index (χ1) is 8.66. The lowest BCUT2D eigenvalue weighted by atomic mass is 10.1. The van der Waals surface area contributed by atoms with Gasteiger partial charge in [-0.3, -0.25) is 0 Å². The number of halogens is 1. The Hall–Kier alpha value is -0.840. The Morgan fingerprint density at radius 3 is 3.00 bits per heavy atom. The maximum Gasteiger partial charge on any atom is 0.129 e. The van der Waals surface area contributed by atoms with Crippen molar-refractivity contribution >= 4 is 28.8 Å². The molecule has 18 heavy (non-hydrogen) atoms. The van der Waals surface area contributed by atoms with Crippen molar-refractivity contribution in [2.75, 3.05) is 13.2 Å². The molecule has 1 aliphatic rings. The highest BCUT2D eigenvalue weighted by atomic mass is 35.5. The molecule has 1 atom stereocenters. The quantitative estimate of drug-likeness (QED) is 0.864. The normalized spacial score (nSPS) is 19.5. The Morgan fingerprint density at radius 1 is 1.50 bits per heavy atom. The molecular formula is C13H16ClNO2S. The molecule has 0 aromatic heterocycles. The SMILES string of the molecule is NC(=S)c1cc(Cl)ccc1OCC1CCCCO1. The Labute approximate surface area is 117 Å². The van der Waals surface area contributed by atoms with E-state index in [9.17, 15) is 0 Å². The minimum atomic E-state index is 0.161. The van der Waals surface area contributed by atoms with E-state index in [1.165, 1.54) is 6.42 Å². The molecule has 1 aromatic carbocycles. The zero-order chi connectivity index (χ0) is 13.0. The molecule has 1 heterocycles. The molecule has 1 saturated heterocycles. The van der Waals surface area contributed by atoms with Crippen molar-refractivity contribution < 1.29 is 9.47 Å². The Bertz CT molecular complexity index is 433. The maximum absolute atomic E-state index is 5.91. The molecule has 0 radical (unpaired) electrons. The molecule has 0 amide bonds. The lowest BCUT2D eigenvalue weighted by Gasteiger charge is -2.23. The molecule has 2 rings (SSSR count). The average Bonchev–Trinajstić information content (AvgIpc) is 2.38. The molecular weight excluding hydrogens is 270 g/mol. The summed E-state index contributed by atoms with van der Waals surface area (Å²) in [5.74, 6) is 0.668.